The van der Waals surface area contributed by atoms with Gasteiger partial charge in [0.05, 0.1) is 18.1 Å². The fourth-order valence-corrected chi connectivity index (χ4v) is 3.62. The third-order valence-corrected chi connectivity index (χ3v) is 5.12. The normalized spacial score (nSPS) is 11.4. The van der Waals surface area contributed by atoms with E-state index in [2.05, 4.69) is 4.72 Å². The zero-order chi connectivity index (χ0) is 16.0. The molecular weight excluding hydrogens is 322 g/mol. The SMILES string of the molecule is CCOc1ccc(S(=O)(=O)NCc2cccs2)cc1OCC. The second kappa shape index (κ2) is 7.62. The molecule has 0 aliphatic heterocycles. The van der Waals surface area contributed by atoms with Crippen LogP contribution in [0.2, 0.25) is 0 Å². The predicted octanol–water partition coefficient (Wildman–Crippen LogP) is 3.02. The van der Waals surface area contributed by atoms with E-state index < -0.39 is 10.0 Å². The summed E-state index contributed by atoms with van der Waals surface area (Å²) in [5.74, 6) is 0.977. The molecule has 0 bridgehead atoms. The first-order valence-corrected chi connectivity index (χ1v) is 9.34. The largest absolute Gasteiger partial charge is 0.490 e. The molecule has 0 atom stereocenters. The van der Waals surface area contributed by atoms with Crippen LogP contribution in [0.1, 0.15) is 18.7 Å². The number of benzene rings is 1. The van der Waals surface area contributed by atoms with Crippen LogP contribution < -0.4 is 14.2 Å². The van der Waals surface area contributed by atoms with Crippen molar-refractivity contribution in [2.24, 2.45) is 0 Å². The van der Waals surface area contributed by atoms with E-state index in [0.717, 1.165) is 4.88 Å². The topological polar surface area (TPSA) is 64.6 Å². The van der Waals surface area contributed by atoms with Crippen molar-refractivity contribution in [1.82, 2.24) is 4.72 Å². The highest BCUT2D eigenvalue weighted by Crippen LogP contribution is 2.30. The monoisotopic (exact) mass is 341 g/mol. The molecule has 7 heteroatoms. The molecule has 0 aliphatic carbocycles. The van der Waals surface area contributed by atoms with Crippen LogP contribution in [-0.4, -0.2) is 21.6 Å². The Morgan fingerprint density at radius 2 is 1.82 bits per heavy atom. The molecule has 1 N–H and O–H groups in total. The molecule has 120 valence electrons. The first-order valence-electron chi connectivity index (χ1n) is 6.98. The van der Waals surface area contributed by atoms with Crippen LogP contribution in [0.3, 0.4) is 0 Å². The standard InChI is InChI=1S/C15H19NO4S2/c1-3-19-14-8-7-13(10-15(14)20-4-2)22(17,18)16-11-12-6-5-9-21-12/h5-10,16H,3-4,11H2,1-2H3. The van der Waals surface area contributed by atoms with Crippen LogP contribution in [0.25, 0.3) is 0 Å². The Bertz CT molecular complexity index is 696. The number of hydrogen-bond donors (Lipinski definition) is 1. The van der Waals surface area contributed by atoms with E-state index in [9.17, 15) is 8.42 Å². The van der Waals surface area contributed by atoms with Crippen LogP contribution in [0.5, 0.6) is 11.5 Å². The van der Waals surface area contributed by atoms with Crippen molar-refractivity contribution >= 4 is 21.4 Å². The molecule has 0 fully saturated rings. The van der Waals surface area contributed by atoms with Gasteiger partial charge in [-0.2, -0.15) is 0 Å². The summed E-state index contributed by atoms with van der Waals surface area (Å²) in [6.45, 7) is 4.90. The van der Waals surface area contributed by atoms with E-state index in [4.69, 9.17) is 9.47 Å². The van der Waals surface area contributed by atoms with Gasteiger partial charge in [0.25, 0.3) is 0 Å². The van der Waals surface area contributed by atoms with E-state index in [0.29, 0.717) is 24.7 Å². The van der Waals surface area contributed by atoms with Gasteiger partial charge in [-0.3, -0.25) is 0 Å². The van der Waals surface area contributed by atoms with Crippen molar-refractivity contribution in [3.8, 4) is 11.5 Å². The Kier molecular flexibility index (Phi) is 5.82. The van der Waals surface area contributed by atoms with E-state index in [1.807, 2.05) is 31.4 Å². The number of thiophene rings is 1. The lowest BCUT2D eigenvalue weighted by atomic mass is 10.3. The predicted molar refractivity (Wildman–Crippen MR) is 87.1 cm³/mol. The second-order valence-electron chi connectivity index (χ2n) is 4.38. The second-order valence-corrected chi connectivity index (χ2v) is 7.18. The highest BCUT2D eigenvalue weighted by atomic mass is 32.2. The maximum Gasteiger partial charge on any atom is 0.241 e. The molecule has 0 amide bonds. The Balaban J connectivity index is 2.20. The Morgan fingerprint density at radius 3 is 2.45 bits per heavy atom. The first-order chi connectivity index (χ1) is 10.6. The molecule has 0 aliphatic rings. The van der Waals surface area contributed by atoms with Gasteiger partial charge in [-0.25, -0.2) is 13.1 Å². The molecule has 0 saturated heterocycles. The molecule has 22 heavy (non-hydrogen) atoms. The Morgan fingerprint density at radius 1 is 1.09 bits per heavy atom. The van der Waals surface area contributed by atoms with Crippen molar-refractivity contribution < 1.29 is 17.9 Å². The average Bonchev–Trinajstić information content (AvgIpc) is 3.01. The number of hydrogen-bond acceptors (Lipinski definition) is 5. The van der Waals surface area contributed by atoms with Gasteiger partial charge in [-0.15, -0.1) is 11.3 Å². The van der Waals surface area contributed by atoms with Gasteiger partial charge < -0.3 is 9.47 Å². The lowest BCUT2D eigenvalue weighted by molar-refractivity contribution is 0.287. The quantitative estimate of drug-likeness (QED) is 0.801. The van der Waals surface area contributed by atoms with Gasteiger partial charge in [0.1, 0.15) is 0 Å². The van der Waals surface area contributed by atoms with Crippen LogP contribution in [0.4, 0.5) is 0 Å². The molecule has 0 radical (unpaired) electrons. The minimum Gasteiger partial charge on any atom is -0.490 e. The van der Waals surface area contributed by atoms with Crippen LogP contribution in [0.15, 0.2) is 40.6 Å². The smallest absolute Gasteiger partial charge is 0.241 e. The molecule has 2 aromatic rings. The fourth-order valence-electron chi connectivity index (χ4n) is 1.86. The number of nitrogens with one attached hydrogen (secondary N) is 1. The van der Waals surface area contributed by atoms with Gasteiger partial charge in [0, 0.05) is 17.5 Å². The summed E-state index contributed by atoms with van der Waals surface area (Å²) in [6, 6.07) is 8.40. The molecule has 5 nitrogen and oxygen atoms in total. The molecule has 1 aromatic carbocycles. The van der Waals surface area contributed by atoms with Gasteiger partial charge in [0.15, 0.2) is 11.5 Å². The van der Waals surface area contributed by atoms with E-state index >= 15 is 0 Å². The summed E-state index contributed by atoms with van der Waals surface area (Å²) in [5, 5.41) is 1.91. The minimum atomic E-state index is -3.59. The highest BCUT2D eigenvalue weighted by Gasteiger charge is 2.17. The summed E-state index contributed by atoms with van der Waals surface area (Å²) >= 11 is 1.51. The van der Waals surface area contributed by atoms with Crippen LogP contribution in [-0.2, 0) is 16.6 Å². The molecular formula is C15H19NO4S2. The third-order valence-electron chi connectivity index (χ3n) is 2.84. The number of rotatable bonds is 8. The zero-order valence-electron chi connectivity index (χ0n) is 12.5. The summed E-state index contributed by atoms with van der Waals surface area (Å²) in [7, 11) is -3.59. The summed E-state index contributed by atoms with van der Waals surface area (Å²) in [5.41, 5.74) is 0. The van der Waals surface area contributed by atoms with Crippen molar-refractivity contribution in [2.45, 2.75) is 25.3 Å². The molecule has 2 rings (SSSR count). The van der Waals surface area contributed by atoms with E-state index in [1.165, 1.54) is 23.5 Å². The fraction of sp³-hybridized carbons (Fsp3) is 0.333. The summed E-state index contributed by atoms with van der Waals surface area (Å²) in [4.78, 5) is 1.12. The number of ether oxygens (including phenoxy) is 2. The first kappa shape index (κ1) is 16.8. The lowest BCUT2D eigenvalue weighted by Crippen LogP contribution is -2.22. The van der Waals surface area contributed by atoms with Gasteiger partial charge in [-0.05, 0) is 37.4 Å². The Hall–Kier alpha value is -1.57. The molecule has 0 saturated carbocycles. The van der Waals surface area contributed by atoms with Crippen molar-refractivity contribution in [2.75, 3.05) is 13.2 Å². The summed E-state index contributed by atoms with van der Waals surface area (Å²) < 4.78 is 38.2. The van der Waals surface area contributed by atoms with Crippen molar-refractivity contribution in [3.05, 3.63) is 40.6 Å². The third kappa shape index (κ3) is 4.22. The zero-order valence-corrected chi connectivity index (χ0v) is 14.2. The van der Waals surface area contributed by atoms with Gasteiger partial charge >= 0.3 is 0 Å². The van der Waals surface area contributed by atoms with Crippen molar-refractivity contribution in [3.63, 3.8) is 0 Å². The molecule has 0 unspecified atom stereocenters. The van der Waals surface area contributed by atoms with Crippen molar-refractivity contribution in [1.29, 1.82) is 0 Å². The molecule has 1 heterocycles. The van der Waals surface area contributed by atoms with Crippen LogP contribution >= 0.6 is 11.3 Å². The highest BCUT2D eigenvalue weighted by molar-refractivity contribution is 7.89. The number of sulfonamides is 1. The summed E-state index contributed by atoms with van der Waals surface area (Å²) in [6.07, 6.45) is 0. The van der Waals surface area contributed by atoms with Gasteiger partial charge in [0.2, 0.25) is 10.0 Å². The van der Waals surface area contributed by atoms with E-state index in [1.54, 1.807) is 6.07 Å². The Labute approximate surface area is 134 Å². The lowest BCUT2D eigenvalue weighted by Gasteiger charge is -2.13. The van der Waals surface area contributed by atoms with Crippen LogP contribution in [0, 0.1) is 0 Å². The maximum absolute atomic E-state index is 12.4. The van der Waals surface area contributed by atoms with Gasteiger partial charge in [-0.1, -0.05) is 6.07 Å². The molecule has 1 aromatic heterocycles. The minimum absolute atomic E-state index is 0.163. The maximum atomic E-state index is 12.4. The van der Waals surface area contributed by atoms with E-state index in [-0.39, 0.29) is 11.4 Å². The average molecular weight is 341 g/mol. The molecule has 0 spiro atoms.